The SMILES string of the molecule is Cn1c(=O)c2[nH]c(-c3ccc(NC(=O)/C=C/c4ccc(F)cc4)cc3)nc2n(C)c1=O. The molecule has 0 spiro atoms. The highest BCUT2D eigenvalue weighted by atomic mass is 19.1. The van der Waals surface area contributed by atoms with E-state index in [1.54, 1.807) is 49.5 Å². The molecule has 4 rings (SSSR count). The van der Waals surface area contributed by atoms with Gasteiger partial charge in [-0.2, -0.15) is 0 Å². The molecule has 0 saturated heterocycles. The minimum absolute atomic E-state index is 0.239. The standard InChI is InChI=1S/C22H18FN5O3/c1-27-20-18(21(30)28(2)22(27)31)25-19(26-20)14-6-10-16(11-7-14)24-17(29)12-5-13-3-8-15(23)9-4-13/h3-12H,1-2H3,(H,24,29)(H,25,26)/b12-5+. The van der Waals surface area contributed by atoms with Crippen molar-refractivity contribution in [1.29, 1.82) is 0 Å². The second-order valence-corrected chi connectivity index (χ2v) is 6.94. The molecule has 0 bridgehead atoms. The third-order valence-corrected chi connectivity index (χ3v) is 4.82. The topological polar surface area (TPSA) is 102 Å². The molecule has 0 saturated carbocycles. The number of imidazole rings is 1. The predicted molar refractivity (Wildman–Crippen MR) is 116 cm³/mol. The maximum Gasteiger partial charge on any atom is 0.332 e. The maximum absolute atomic E-state index is 12.9. The van der Waals surface area contributed by atoms with E-state index in [1.165, 1.54) is 29.8 Å². The Kier molecular flexibility index (Phi) is 5.08. The number of nitrogens with one attached hydrogen (secondary N) is 2. The van der Waals surface area contributed by atoms with Crippen molar-refractivity contribution in [3.05, 3.63) is 86.8 Å². The fourth-order valence-electron chi connectivity index (χ4n) is 3.10. The van der Waals surface area contributed by atoms with Crippen LogP contribution in [0.25, 0.3) is 28.6 Å². The summed E-state index contributed by atoms with van der Waals surface area (Å²) in [6, 6.07) is 12.7. The highest BCUT2D eigenvalue weighted by molar-refractivity contribution is 6.02. The predicted octanol–water partition coefficient (Wildman–Crippen LogP) is 2.42. The van der Waals surface area contributed by atoms with Gasteiger partial charge >= 0.3 is 5.69 Å². The highest BCUT2D eigenvalue weighted by Gasteiger charge is 2.14. The van der Waals surface area contributed by atoms with E-state index in [0.717, 1.165) is 4.57 Å². The molecule has 156 valence electrons. The van der Waals surface area contributed by atoms with E-state index >= 15 is 0 Å². The monoisotopic (exact) mass is 419 g/mol. The molecule has 2 heterocycles. The lowest BCUT2D eigenvalue weighted by Crippen LogP contribution is -2.36. The first kappa shape index (κ1) is 20.0. The molecule has 1 amide bonds. The number of carbonyl (C=O) groups is 1. The number of rotatable bonds is 4. The molecule has 2 aromatic carbocycles. The average Bonchev–Trinajstić information content (AvgIpc) is 3.22. The Balaban J connectivity index is 1.53. The number of nitrogens with zero attached hydrogens (tertiary/aromatic N) is 3. The number of fused-ring (bicyclic) bond motifs is 1. The molecule has 2 aromatic heterocycles. The van der Waals surface area contributed by atoms with Crippen molar-refractivity contribution in [2.24, 2.45) is 14.1 Å². The molecule has 0 unspecified atom stereocenters. The van der Waals surface area contributed by atoms with E-state index in [9.17, 15) is 18.8 Å². The molecule has 8 nitrogen and oxygen atoms in total. The van der Waals surface area contributed by atoms with Gasteiger partial charge in [0.1, 0.15) is 17.2 Å². The van der Waals surface area contributed by atoms with Gasteiger partial charge in [-0.05, 0) is 48.0 Å². The quantitative estimate of drug-likeness (QED) is 0.496. The van der Waals surface area contributed by atoms with E-state index < -0.39 is 11.2 Å². The van der Waals surface area contributed by atoms with Gasteiger partial charge in [-0.3, -0.25) is 18.7 Å². The van der Waals surface area contributed by atoms with Gasteiger partial charge < -0.3 is 10.3 Å². The van der Waals surface area contributed by atoms with Crippen LogP contribution in [0.15, 0.2) is 64.2 Å². The molecule has 31 heavy (non-hydrogen) atoms. The van der Waals surface area contributed by atoms with E-state index in [-0.39, 0.29) is 22.9 Å². The van der Waals surface area contributed by atoms with E-state index in [1.807, 2.05) is 0 Å². The first-order valence-electron chi connectivity index (χ1n) is 9.34. The molecule has 9 heteroatoms. The van der Waals surface area contributed by atoms with Crippen LogP contribution < -0.4 is 16.6 Å². The van der Waals surface area contributed by atoms with Crippen molar-refractivity contribution in [2.45, 2.75) is 0 Å². The third-order valence-electron chi connectivity index (χ3n) is 4.82. The summed E-state index contributed by atoms with van der Waals surface area (Å²) in [7, 11) is 2.96. The number of hydrogen-bond donors (Lipinski definition) is 2. The van der Waals surface area contributed by atoms with Crippen molar-refractivity contribution in [3.63, 3.8) is 0 Å². The first-order valence-corrected chi connectivity index (χ1v) is 9.34. The lowest BCUT2D eigenvalue weighted by Gasteiger charge is -2.03. The number of aromatic nitrogens is 4. The van der Waals surface area contributed by atoms with Crippen molar-refractivity contribution < 1.29 is 9.18 Å². The minimum Gasteiger partial charge on any atom is -0.332 e. The lowest BCUT2D eigenvalue weighted by molar-refractivity contribution is -0.111. The van der Waals surface area contributed by atoms with E-state index in [2.05, 4.69) is 15.3 Å². The highest BCUT2D eigenvalue weighted by Crippen LogP contribution is 2.20. The summed E-state index contributed by atoms with van der Waals surface area (Å²) < 4.78 is 15.2. The smallest absolute Gasteiger partial charge is 0.332 e. The zero-order valence-corrected chi connectivity index (χ0v) is 16.7. The van der Waals surface area contributed by atoms with Crippen molar-refractivity contribution in [2.75, 3.05) is 5.32 Å². The third kappa shape index (κ3) is 3.93. The van der Waals surface area contributed by atoms with Crippen LogP contribution in [0.5, 0.6) is 0 Å². The van der Waals surface area contributed by atoms with Gasteiger partial charge in [-0.15, -0.1) is 0 Å². The van der Waals surface area contributed by atoms with Crippen LogP contribution in [-0.4, -0.2) is 25.0 Å². The number of aryl methyl sites for hydroxylation is 1. The Hall–Kier alpha value is -4.27. The Morgan fingerprint density at radius 3 is 2.39 bits per heavy atom. The van der Waals surface area contributed by atoms with Crippen LogP contribution in [0.4, 0.5) is 10.1 Å². The Bertz CT molecular complexity index is 1430. The minimum atomic E-state index is -0.456. The van der Waals surface area contributed by atoms with E-state index in [0.29, 0.717) is 22.6 Å². The second-order valence-electron chi connectivity index (χ2n) is 6.94. The van der Waals surface area contributed by atoms with Crippen molar-refractivity contribution in [1.82, 2.24) is 19.1 Å². The zero-order valence-electron chi connectivity index (χ0n) is 16.7. The number of carbonyl (C=O) groups excluding carboxylic acids is 1. The molecule has 0 aliphatic heterocycles. The first-order chi connectivity index (χ1) is 14.8. The van der Waals surface area contributed by atoms with Crippen LogP contribution >= 0.6 is 0 Å². The van der Waals surface area contributed by atoms with E-state index in [4.69, 9.17) is 0 Å². The fraction of sp³-hybridized carbons (Fsp3) is 0.0909. The summed E-state index contributed by atoms with van der Waals surface area (Å²) in [6.45, 7) is 0. The summed E-state index contributed by atoms with van der Waals surface area (Å²) in [5.41, 5.74) is 1.56. The van der Waals surface area contributed by atoms with Gasteiger partial charge in [0.05, 0.1) is 0 Å². The summed E-state index contributed by atoms with van der Waals surface area (Å²) in [6.07, 6.45) is 2.94. The number of benzene rings is 2. The van der Waals surface area contributed by atoms with Crippen LogP contribution in [-0.2, 0) is 18.9 Å². The fourth-order valence-corrected chi connectivity index (χ4v) is 3.10. The van der Waals surface area contributed by atoms with Gasteiger partial charge in [-0.1, -0.05) is 12.1 Å². The largest absolute Gasteiger partial charge is 0.332 e. The average molecular weight is 419 g/mol. The number of hydrogen-bond acceptors (Lipinski definition) is 4. The summed E-state index contributed by atoms with van der Waals surface area (Å²) >= 11 is 0. The normalized spacial score (nSPS) is 11.3. The number of halogens is 1. The Morgan fingerprint density at radius 2 is 1.71 bits per heavy atom. The maximum atomic E-state index is 12.9. The molecular formula is C22H18FN5O3. The van der Waals surface area contributed by atoms with Gasteiger partial charge in [0.25, 0.3) is 5.56 Å². The molecule has 0 radical (unpaired) electrons. The van der Waals surface area contributed by atoms with Gasteiger partial charge in [-0.25, -0.2) is 14.2 Å². The van der Waals surface area contributed by atoms with Gasteiger partial charge in [0, 0.05) is 31.4 Å². The van der Waals surface area contributed by atoms with Crippen LogP contribution in [0, 0.1) is 5.82 Å². The Labute approximate surface area is 175 Å². The molecule has 0 fully saturated rings. The van der Waals surface area contributed by atoms with Crippen LogP contribution in [0.2, 0.25) is 0 Å². The molecule has 0 aliphatic rings. The number of H-pyrrole nitrogens is 1. The summed E-state index contributed by atoms with van der Waals surface area (Å²) in [4.78, 5) is 43.8. The lowest BCUT2D eigenvalue weighted by atomic mass is 10.2. The van der Waals surface area contributed by atoms with Gasteiger partial charge in [0.2, 0.25) is 5.91 Å². The number of amides is 1. The second kappa shape index (κ2) is 7.86. The number of anilines is 1. The molecule has 0 atom stereocenters. The van der Waals surface area contributed by atoms with Crippen LogP contribution in [0.3, 0.4) is 0 Å². The Morgan fingerprint density at radius 1 is 1.03 bits per heavy atom. The molecule has 4 aromatic rings. The zero-order chi connectivity index (χ0) is 22.1. The number of aromatic amines is 1. The molecular weight excluding hydrogens is 401 g/mol. The molecule has 0 aliphatic carbocycles. The van der Waals surface area contributed by atoms with Crippen molar-refractivity contribution >= 4 is 28.8 Å². The summed E-state index contributed by atoms with van der Waals surface area (Å²) in [5.74, 6) is -0.240. The summed E-state index contributed by atoms with van der Waals surface area (Å²) in [5, 5.41) is 2.73. The molecule has 2 N–H and O–H groups in total. The van der Waals surface area contributed by atoms with Crippen LogP contribution in [0.1, 0.15) is 5.56 Å². The van der Waals surface area contributed by atoms with Gasteiger partial charge in [0.15, 0.2) is 5.65 Å². The van der Waals surface area contributed by atoms with Crippen molar-refractivity contribution in [3.8, 4) is 11.4 Å².